The lowest BCUT2D eigenvalue weighted by Gasteiger charge is -2.58. The second-order valence-corrected chi connectivity index (χ2v) is 18.6. The first kappa shape index (κ1) is 46.0. The molecule has 1 heterocycles. The standard InChI is InChI=1S/C45H73N3O10/c1-31(2)8-6-9-32(3)36-12-13-37-35-11-10-33-30-34(18-20-44(33,4)38(35)19-21-45(36,37)5)57-43(53)47-22-7-24-54-26-28-56-29-27-55-25-23-46-39(49)14-17-42(52)58-48-40(50)15-16-41(48)51/h10,31-32,34-38H,6-9,11-30H2,1-5H3,(H,46,49)(H,47,53)/t32-,34?,35+,36-,37?,38?,44+,45-/m1/s1. The molecule has 4 amide bonds. The van der Waals surface area contributed by atoms with Crippen LogP contribution in [-0.2, 0) is 43.0 Å². The second kappa shape index (κ2) is 22.0. The highest BCUT2D eigenvalue weighted by atomic mass is 16.7. The third-order valence-electron chi connectivity index (χ3n) is 14.3. The first-order chi connectivity index (χ1) is 27.8. The Morgan fingerprint density at radius 3 is 2.22 bits per heavy atom. The molecule has 5 rings (SSSR count). The maximum atomic E-state index is 12.7. The number of hydroxylamine groups is 2. The van der Waals surface area contributed by atoms with E-state index in [2.05, 4.69) is 51.3 Å². The summed E-state index contributed by atoms with van der Waals surface area (Å²) in [6.45, 7) is 15.5. The van der Waals surface area contributed by atoms with Gasteiger partial charge in [0.1, 0.15) is 6.10 Å². The Balaban J connectivity index is 0.854. The number of rotatable bonds is 23. The number of carbonyl (C=O) groups is 5. The maximum Gasteiger partial charge on any atom is 0.407 e. The van der Waals surface area contributed by atoms with E-state index in [4.69, 9.17) is 23.8 Å². The molecular formula is C45H73N3O10. The smallest absolute Gasteiger partial charge is 0.407 e. The van der Waals surface area contributed by atoms with Crippen molar-refractivity contribution in [2.75, 3.05) is 52.7 Å². The van der Waals surface area contributed by atoms with Crippen LogP contribution in [0.15, 0.2) is 11.6 Å². The first-order valence-electron chi connectivity index (χ1n) is 22.5. The normalized spacial score (nSPS) is 29.7. The lowest BCUT2D eigenvalue weighted by Crippen LogP contribution is -2.51. The Morgan fingerprint density at radius 2 is 1.50 bits per heavy atom. The molecule has 8 atom stereocenters. The molecule has 13 nitrogen and oxygen atoms in total. The zero-order valence-corrected chi connectivity index (χ0v) is 36.1. The molecule has 13 heteroatoms. The molecule has 3 unspecified atom stereocenters. The van der Waals surface area contributed by atoms with E-state index < -0.39 is 17.8 Å². The lowest BCUT2D eigenvalue weighted by atomic mass is 9.47. The zero-order valence-electron chi connectivity index (χ0n) is 36.1. The van der Waals surface area contributed by atoms with Crippen molar-refractivity contribution < 1.29 is 47.8 Å². The van der Waals surface area contributed by atoms with Crippen LogP contribution in [0, 0.1) is 46.3 Å². The molecular weight excluding hydrogens is 743 g/mol. The van der Waals surface area contributed by atoms with E-state index in [1.165, 1.54) is 56.9 Å². The lowest BCUT2D eigenvalue weighted by molar-refractivity contribution is -0.197. The van der Waals surface area contributed by atoms with Crippen LogP contribution in [0.5, 0.6) is 0 Å². The summed E-state index contributed by atoms with van der Waals surface area (Å²) < 4.78 is 22.5. The van der Waals surface area contributed by atoms with Gasteiger partial charge in [0.2, 0.25) is 5.91 Å². The molecule has 0 aromatic heterocycles. The van der Waals surface area contributed by atoms with Gasteiger partial charge < -0.3 is 34.4 Å². The second-order valence-electron chi connectivity index (χ2n) is 18.6. The SMILES string of the molecule is CC(C)CCC[C@@H](C)[C@H]1CCC2[C@@H]3CC=C4CC(OC(=O)NCCCOCCOCCOCCNC(=O)CCC(=O)ON5C(=O)CCC5=O)CC[C@]4(C)C3CC[C@@]21C. The molecule has 0 bridgehead atoms. The minimum absolute atomic E-state index is 0.0166. The van der Waals surface area contributed by atoms with Gasteiger partial charge >= 0.3 is 12.1 Å². The van der Waals surface area contributed by atoms with Gasteiger partial charge in [0.15, 0.2) is 0 Å². The molecule has 1 saturated heterocycles. The third kappa shape index (κ3) is 12.3. The highest BCUT2D eigenvalue weighted by molar-refractivity contribution is 6.01. The van der Waals surface area contributed by atoms with Crippen molar-refractivity contribution in [2.45, 2.75) is 143 Å². The molecule has 4 fully saturated rings. The number of nitrogens with one attached hydrogen (secondary N) is 2. The van der Waals surface area contributed by atoms with Crippen LogP contribution < -0.4 is 10.6 Å². The topological polar surface area (TPSA) is 159 Å². The summed E-state index contributed by atoms with van der Waals surface area (Å²) in [4.78, 5) is 64.1. The molecule has 0 aromatic rings. The van der Waals surface area contributed by atoms with Crippen molar-refractivity contribution in [1.82, 2.24) is 15.7 Å². The van der Waals surface area contributed by atoms with E-state index in [1.807, 2.05) is 0 Å². The van der Waals surface area contributed by atoms with Gasteiger partial charge in [-0.1, -0.05) is 65.5 Å². The highest BCUT2D eigenvalue weighted by Gasteiger charge is 2.59. The predicted molar refractivity (Wildman–Crippen MR) is 218 cm³/mol. The summed E-state index contributed by atoms with van der Waals surface area (Å²) in [5.41, 5.74) is 2.27. The minimum Gasteiger partial charge on any atom is -0.446 e. The van der Waals surface area contributed by atoms with Crippen LogP contribution in [0.25, 0.3) is 0 Å². The van der Waals surface area contributed by atoms with E-state index in [0.717, 1.165) is 54.8 Å². The number of ether oxygens (including phenoxy) is 4. The Labute approximate surface area is 346 Å². The molecule has 0 radical (unpaired) electrons. The van der Waals surface area contributed by atoms with Crippen molar-refractivity contribution in [2.24, 2.45) is 46.3 Å². The number of nitrogens with zero attached hydrogens (tertiary/aromatic N) is 1. The number of carbonyl (C=O) groups excluding carboxylic acids is 5. The van der Waals surface area contributed by atoms with E-state index >= 15 is 0 Å². The molecule has 0 spiro atoms. The van der Waals surface area contributed by atoms with Crippen molar-refractivity contribution in [3.8, 4) is 0 Å². The van der Waals surface area contributed by atoms with E-state index in [1.54, 1.807) is 0 Å². The van der Waals surface area contributed by atoms with E-state index in [-0.39, 0.29) is 62.4 Å². The van der Waals surface area contributed by atoms with Gasteiger partial charge in [0.05, 0.1) is 39.5 Å². The first-order valence-corrected chi connectivity index (χ1v) is 22.5. The highest BCUT2D eigenvalue weighted by Crippen LogP contribution is 2.67. The van der Waals surface area contributed by atoms with Gasteiger partial charge in [-0.3, -0.25) is 14.4 Å². The van der Waals surface area contributed by atoms with E-state index in [9.17, 15) is 24.0 Å². The van der Waals surface area contributed by atoms with Gasteiger partial charge in [-0.15, -0.1) is 5.06 Å². The molecule has 0 aromatic carbocycles. The molecule has 58 heavy (non-hydrogen) atoms. The zero-order chi connectivity index (χ0) is 41.7. The molecule has 5 aliphatic rings. The molecule has 2 N–H and O–H groups in total. The van der Waals surface area contributed by atoms with Crippen molar-refractivity contribution in [3.05, 3.63) is 11.6 Å². The average molecular weight is 816 g/mol. The third-order valence-corrected chi connectivity index (χ3v) is 14.3. The monoisotopic (exact) mass is 816 g/mol. The molecule has 3 saturated carbocycles. The Hall–Kier alpha value is -3.03. The predicted octanol–water partition coefficient (Wildman–Crippen LogP) is 7.07. The average Bonchev–Trinajstić information content (AvgIpc) is 3.71. The molecule has 1 aliphatic heterocycles. The van der Waals surface area contributed by atoms with Crippen LogP contribution in [0.2, 0.25) is 0 Å². The fourth-order valence-corrected chi connectivity index (χ4v) is 11.2. The Kier molecular flexibility index (Phi) is 17.5. The number of allylic oxidation sites excluding steroid dienone is 1. The quantitative estimate of drug-likeness (QED) is 0.0621. The van der Waals surface area contributed by atoms with Gasteiger partial charge in [-0.05, 0) is 97.7 Å². The fourth-order valence-electron chi connectivity index (χ4n) is 11.2. The summed E-state index contributed by atoms with van der Waals surface area (Å²) >= 11 is 0. The van der Waals surface area contributed by atoms with Gasteiger partial charge in [-0.2, -0.15) is 0 Å². The number of fused-ring (bicyclic) bond motifs is 5. The van der Waals surface area contributed by atoms with Crippen molar-refractivity contribution >= 4 is 29.8 Å². The summed E-state index contributed by atoms with van der Waals surface area (Å²) in [5, 5.41) is 6.01. The number of alkyl carbamates (subject to hydrolysis) is 1. The van der Waals surface area contributed by atoms with Crippen LogP contribution in [-0.4, -0.2) is 93.7 Å². The van der Waals surface area contributed by atoms with Gasteiger partial charge in [0.25, 0.3) is 11.8 Å². The summed E-state index contributed by atoms with van der Waals surface area (Å²) in [7, 11) is 0. The Bertz CT molecular complexity index is 1420. The van der Waals surface area contributed by atoms with Crippen molar-refractivity contribution in [1.29, 1.82) is 0 Å². The summed E-state index contributed by atoms with van der Waals surface area (Å²) in [6, 6.07) is 0. The minimum atomic E-state index is -0.815. The van der Waals surface area contributed by atoms with Crippen LogP contribution in [0.4, 0.5) is 4.79 Å². The number of hydrogen-bond donors (Lipinski definition) is 2. The van der Waals surface area contributed by atoms with Gasteiger partial charge in [-0.25, -0.2) is 9.59 Å². The maximum absolute atomic E-state index is 12.7. The number of hydrogen-bond acceptors (Lipinski definition) is 10. The Morgan fingerprint density at radius 1 is 0.793 bits per heavy atom. The van der Waals surface area contributed by atoms with Crippen LogP contribution in [0.1, 0.15) is 137 Å². The van der Waals surface area contributed by atoms with Crippen LogP contribution >= 0.6 is 0 Å². The largest absolute Gasteiger partial charge is 0.446 e. The van der Waals surface area contributed by atoms with E-state index in [0.29, 0.717) is 56.5 Å². The molecule has 328 valence electrons. The summed E-state index contributed by atoms with van der Waals surface area (Å²) in [6.07, 6.45) is 16.3. The summed E-state index contributed by atoms with van der Waals surface area (Å²) in [5.74, 6) is 2.61. The van der Waals surface area contributed by atoms with Crippen molar-refractivity contribution in [3.63, 3.8) is 0 Å². The molecule has 4 aliphatic carbocycles. The van der Waals surface area contributed by atoms with Gasteiger partial charge in [0, 0.05) is 45.4 Å². The number of amides is 4. The van der Waals surface area contributed by atoms with Crippen LogP contribution in [0.3, 0.4) is 0 Å². The number of imide groups is 1. The fraction of sp³-hybridized carbons (Fsp3) is 0.844.